The zero-order chi connectivity index (χ0) is 29.0. The first kappa shape index (κ1) is 30.7. The van der Waals surface area contributed by atoms with Gasteiger partial charge in [-0.3, -0.25) is 0 Å². The van der Waals surface area contributed by atoms with Gasteiger partial charge in [0.25, 0.3) is 5.79 Å². The molecule has 2 aromatic rings. The molecule has 0 radical (unpaired) electrons. The number of ether oxygens (including phenoxy) is 1. The molecule has 3 rings (SSSR count). The second-order valence-electron chi connectivity index (χ2n) is 11.2. The molecule has 0 saturated heterocycles. The Labute approximate surface area is 227 Å². The van der Waals surface area contributed by atoms with Crippen molar-refractivity contribution < 1.29 is 38.0 Å². The Hall–Kier alpha value is -2.82. The molecule has 1 aliphatic carbocycles. The molecule has 0 unspecified atom stereocenters. The number of hydrogen-bond acceptors (Lipinski definition) is 5. The van der Waals surface area contributed by atoms with Crippen LogP contribution in [0.25, 0.3) is 11.1 Å². The zero-order valence-electron chi connectivity index (χ0n) is 22.9. The number of amides is 1. The number of nitrogens with one attached hydrogen (secondary N) is 1. The molecule has 7 nitrogen and oxygen atoms in total. The predicted octanol–water partition coefficient (Wildman–Crippen LogP) is 5.88. The molecule has 0 aliphatic heterocycles. The Balaban J connectivity index is 1.66. The van der Waals surface area contributed by atoms with Crippen molar-refractivity contribution in [3.63, 3.8) is 0 Å². The summed E-state index contributed by atoms with van der Waals surface area (Å²) in [4.78, 5) is 13.2. The molecule has 0 atom stereocenters. The number of carbonyl (C=O) groups is 1. The van der Waals surface area contributed by atoms with Crippen LogP contribution in [0.1, 0.15) is 64.5 Å². The summed E-state index contributed by atoms with van der Waals surface area (Å²) in [5.41, 5.74) is 1.19. The van der Waals surface area contributed by atoms with Crippen molar-refractivity contribution in [1.82, 2.24) is 10.2 Å². The van der Waals surface area contributed by atoms with E-state index in [4.69, 9.17) is 4.74 Å². The minimum atomic E-state index is -5.21. The highest BCUT2D eigenvalue weighted by molar-refractivity contribution is 5.66. The van der Waals surface area contributed by atoms with E-state index in [1.54, 1.807) is 0 Å². The van der Waals surface area contributed by atoms with E-state index in [0.717, 1.165) is 48.9 Å². The lowest BCUT2D eigenvalue weighted by atomic mass is 9.85. The third kappa shape index (κ3) is 7.64. The van der Waals surface area contributed by atoms with Gasteiger partial charge in [0.1, 0.15) is 5.75 Å². The summed E-state index contributed by atoms with van der Waals surface area (Å²) >= 11 is 0. The second-order valence-corrected chi connectivity index (χ2v) is 11.2. The molecular weight excluding hydrogens is 513 g/mol. The summed E-state index contributed by atoms with van der Waals surface area (Å²) in [6.45, 7) is 9.14. The van der Waals surface area contributed by atoms with Crippen LogP contribution in [0.2, 0.25) is 0 Å². The molecule has 4 N–H and O–H groups in total. The van der Waals surface area contributed by atoms with Crippen LogP contribution < -0.4 is 10.1 Å². The highest BCUT2D eigenvalue weighted by Gasteiger charge is 2.54. The number of carboxylic acid groups (broad SMARTS) is 1. The van der Waals surface area contributed by atoms with Crippen LogP contribution in [0.4, 0.5) is 18.0 Å². The second kappa shape index (κ2) is 12.1. The molecule has 1 aliphatic rings. The average Bonchev–Trinajstić information content (AvgIpc) is 2.86. The van der Waals surface area contributed by atoms with Crippen LogP contribution in [0.3, 0.4) is 0 Å². The first-order valence-corrected chi connectivity index (χ1v) is 13.3. The van der Waals surface area contributed by atoms with Crippen molar-refractivity contribution in [2.45, 2.75) is 83.5 Å². The van der Waals surface area contributed by atoms with E-state index >= 15 is 0 Å². The molecule has 0 heterocycles. The summed E-state index contributed by atoms with van der Waals surface area (Å²) in [6, 6.07) is 10.8. The van der Waals surface area contributed by atoms with Gasteiger partial charge in [0, 0.05) is 35.8 Å². The third-order valence-corrected chi connectivity index (χ3v) is 7.29. The topological polar surface area (TPSA) is 102 Å². The molecule has 0 bridgehead atoms. The standard InChI is InChI=1S/C29H39F3N2O5/c1-5-39-25-15-10-21(20-8-11-23(12-9-20)28(37,38)29(30,31)32)16-22(25)17-33-24-13-6-19(7-14-24)18-34(26(35)36)27(2,3)4/h8-12,15-16,19,24,33,37-38H,5-7,13-14,17-18H2,1-4H3,(H,35,36). The van der Waals surface area contributed by atoms with Crippen LogP contribution in [-0.2, 0) is 12.3 Å². The van der Waals surface area contributed by atoms with Crippen LogP contribution in [0.15, 0.2) is 42.5 Å². The Morgan fingerprint density at radius 1 is 1.00 bits per heavy atom. The molecule has 2 aromatic carbocycles. The zero-order valence-corrected chi connectivity index (χ0v) is 22.9. The summed E-state index contributed by atoms with van der Waals surface area (Å²) in [6.07, 6.45) is -2.40. The largest absolute Gasteiger partial charge is 0.494 e. The van der Waals surface area contributed by atoms with E-state index in [1.807, 2.05) is 45.9 Å². The average molecular weight is 553 g/mol. The number of alkyl halides is 3. The van der Waals surface area contributed by atoms with Crippen molar-refractivity contribution in [3.8, 4) is 16.9 Å². The van der Waals surface area contributed by atoms with Gasteiger partial charge in [-0.25, -0.2) is 4.79 Å². The lowest BCUT2D eigenvalue weighted by Gasteiger charge is -2.38. The van der Waals surface area contributed by atoms with E-state index in [1.165, 1.54) is 17.0 Å². The monoisotopic (exact) mass is 552 g/mol. The first-order valence-electron chi connectivity index (χ1n) is 13.3. The first-order chi connectivity index (χ1) is 18.1. The fraction of sp³-hybridized carbons (Fsp3) is 0.552. The van der Waals surface area contributed by atoms with Gasteiger partial charge < -0.3 is 30.3 Å². The van der Waals surface area contributed by atoms with Gasteiger partial charge in [-0.1, -0.05) is 30.3 Å². The number of aliphatic hydroxyl groups is 2. The fourth-order valence-electron chi connectivity index (χ4n) is 4.95. The van der Waals surface area contributed by atoms with Crippen molar-refractivity contribution in [3.05, 3.63) is 53.6 Å². The Kier molecular flexibility index (Phi) is 9.56. The van der Waals surface area contributed by atoms with Gasteiger partial charge in [0.05, 0.1) is 6.61 Å². The van der Waals surface area contributed by atoms with Gasteiger partial charge in [-0.05, 0) is 82.6 Å². The van der Waals surface area contributed by atoms with Gasteiger partial charge >= 0.3 is 12.3 Å². The van der Waals surface area contributed by atoms with E-state index in [-0.39, 0.29) is 6.04 Å². The summed E-state index contributed by atoms with van der Waals surface area (Å²) < 4.78 is 44.7. The minimum Gasteiger partial charge on any atom is -0.494 e. The highest BCUT2D eigenvalue weighted by Crippen LogP contribution is 2.37. The van der Waals surface area contributed by atoms with Crippen LogP contribution in [0, 0.1) is 5.92 Å². The molecule has 39 heavy (non-hydrogen) atoms. The van der Waals surface area contributed by atoms with E-state index in [2.05, 4.69) is 5.32 Å². The van der Waals surface area contributed by atoms with Gasteiger partial charge in [-0.2, -0.15) is 13.2 Å². The maximum Gasteiger partial charge on any atom is 0.447 e. The van der Waals surface area contributed by atoms with E-state index in [0.29, 0.717) is 36.9 Å². The molecule has 1 amide bonds. The summed E-state index contributed by atoms with van der Waals surface area (Å²) in [7, 11) is 0. The van der Waals surface area contributed by atoms with E-state index < -0.39 is 29.2 Å². The Bertz CT molecular complexity index is 1110. The normalized spacial score (nSPS) is 18.6. The molecule has 1 fully saturated rings. The number of rotatable bonds is 9. The fourth-order valence-corrected chi connectivity index (χ4v) is 4.95. The number of halogens is 3. The van der Waals surface area contributed by atoms with Crippen molar-refractivity contribution in [2.75, 3.05) is 13.2 Å². The Morgan fingerprint density at radius 2 is 1.59 bits per heavy atom. The maximum absolute atomic E-state index is 13.0. The highest BCUT2D eigenvalue weighted by atomic mass is 19.4. The van der Waals surface area contributed by atoms with Crippen molar-refractivity contribution in [1.29, 1.82) is 0 Å². The van der Waals surface area contributed by atoms with Crippen LogP contribution in [-0.4, -0.2) is 57.2 Å². The quantitative estimate of drug-likeness (QED) is 0.290. The third-order valence-electron chi connectivity index (χ3n) is 7.29. The molecule has 10 heteroatoms. The number of benzene rings is 2. The molecular formula is C29H39F3N2O5. The molecule has 216 valence electrons. The smallest absolute Gasteiger partial charge is 0.447 e. The SMILES string of the molecule is CCOc1ccc(-c2ccc(C(O)(O)C(F)(F)F)cc2)cc1CNC1CCC(CN(C(=O)O)C(C)(C)C)CC1. The van der Waals surface area contributed by atoms with Gasteiger partial charge in [-0.15, -0.1) is 0 Å². The summed E-state index contributed by atoms with van der Waals surface area (Å²) in [5, 5.41) is 32.2. The maximum atomic E-state index is 13.0. The van der Waals surface area contributed by atoms with Crippen LogP contribution >= 0.6 is 0 Å². The molecule has 0 spiro atoms. The van der Waals surface area contributed by atoms with Gasteiger partial charge in [0.15, 0.2) is 0 Å². The minimum absolute atomic E-state index is 0.274. The van der Waals surface area contributed by atoms with Crippen LogP contribution in [0.5, 0.6) is 5.75 Å². The Morgan fingerprint density at radius 3 is 2.10 bits per heavy atom. The van der Waals surface area contributed by atoms with Crippen molar-refractivity contribution in [2.24, 2.45) is 5.92 Å². The summed E-state index contributed by atoms with van der Waals surface area (Å²) in [5.74, 6) is -2.89. The van der Waals surface area contributed by atoms with Gasteiger partial charge in [0.2, 0.25) is 0 Å². The van der Waals surface area contributed by atoms with E-state index in [9.17, 15) is 33.3 Å². The lowest BCUT2D eigenvalue weighted by Crippen LogP contribution is -2.48. The molecule has 1 saturated carbocycles. The molecule has 0 aromatic heterocycles. The van der Waals surface area contributed by atoms with Crippen molar-refractivity contribution >= 4 is 6.09 Å². The lowest BCUT2D eigenvalue weighted by molar-refractivity contribution is -0.358. The number of hydrogen-bond donors (Lipinski definition) is 4. The number of nitrogens with zero attached hydrogens (tertiary/aromatic N) is 1. The predicted molar refractivity (Wildman–Crippen MR) is 142 cm³/mol.